The van der Waals surface area contributed by atoms with E-state index in [0.29, 0.717) is 6.04 Å². The normalized spacial score (nSPS) is 18.6. The Hall–Kier alpha value is -1.13. The molecule has 1 saturated heterocycles. The molecule has 18 heavy (non-hydrogen) atoms. The van der Waals surface area contributed by atoms with Gasteiger partial charge in [-0.05, 0) is 37.5 Å². The van der Waals surface area contributed by atoms with Crippen molar-refractivity contribution in [2.24, 2.45) is 0 Å². The molecule has 0 aromatic heterocycles. The number of hydrogen-bond donors (Lipinski definition) is 1. The molecule has 1 aromatic rings. The van der Waals surface area contributed by atoms with Crippen molar-refractivity contribution in [2.45, 2.75) is 31.8 Å². The van der Waals surface area contributed by atoms with Crippen molar-refractivity contribution in [3.63, 3.8) is 0 Å². The standard InChI is InChI=1S/C14H20FNO2/c1-10(16-12-5-7-18-8-6-12)11-3-4-14(17-2)13(15)9-11/h3-4,9-10,12,16H,5-8H2,1-2H3/t10-/m0/s1. The van der Waals surface area contributed by atoms with Gasteiger partial charge in [0, 0.05) is 25.3 Å². The van der Waals surface area contributed by atoms with Crippen LogP contribution in [-0.2, 0) is 4.74 Å². The van der Waals surface area contributed by atoms with Gasteiger partial charge in [0.1, 0.15) is 0 Å². The lowest BCUT2D eigenvalue weighted by Crippen LogP contribution is -2.36. The van der Waals surface area contributed by atoms with Crippen molar-refractivity contribution in [1.82, 2.24) is 5.32 Å². The predicted octanol–water partition coefficient (Wildman–Crippen LogP) is 2.66. The van der Waals surface area contributed by atoms with Crippen LogP contribution in [0, 0.1) is 5.82 Å². The van der Waals surface area contributed by atoms with E-state index in [4.69, 9.17) is 9.47 Å². The number of hydrogen-bond acceptors (Lipinski definition) is 3. The number of methoxy groups -OCH3 is 1. The number of benzene rings is 1. The van der Waals surface area contributed by atoms with Gasteiger partial charge >= 0.3 is 0 Å². The molecular weight excluding hydrogens is 233 g/mol. The quantitative estimate of drug-likeness (QED) is 0.895. The van der Waals surface area contributed by atoms with E-state index in [0.717, 1.165) is 31.6 Å². The zero-order valence-electron chi connectivity index (χ0n) is 10.9. The first-order valence-corrected chi connectivity index (χ1v) is 6.38. The van der Waals surface area contributed by atoms with Crippen LogP contribution in [0.25, 0.3) is 0 Å². The Bertz CT molecular complexity index is 391. The second-order valence-electron chi connectivity index (χ2n) is 4.67. The summed E-state index contributed by atoms with van der Waals surface area (Å²) in [6, 6.07) is 5.70. The number of rotatable bonds is 4. The highest BCUT2D eigenvalue weighted by atomic mass is 19.1. The maximum Gasteiger partial charge on any atom is 0.165 e. The summed E-state index contributed by atoms with van der Waals surface area (Å²) in [7, 11) is 1.47. The maximum atomic E-state index is 13.6. The van der Waals surface area contributed by atoms with Crippen LogP contribution in [0.15, 0.2) is 18.2 Å². The molecule has 0 radical (unpaired) electrons. The van der Waals surface area contributed by atoms with E-state index in [9.17, 15) is 4.39 Å². The third-order valence-corrected chi connectivity index (χ3v) is 3.38. The van der Waals surface area contributed by atoms with Gasteiger partial charge in [0.05, 0.1) is 7.11 Å². The molecule has 1 aliphatic rings. The van der Waals surface area contributed by atoms with Crippen molar-refractivity contribution < 1.29 is 13.9 Å². The minimum absolute atomic E-state index is 0.133. The first kappa shape index (κ1) is 13.3. The van der Waals surface area contributed by atoms with Crippen LogP contribution in [0.1, 0.15) is 31.4 Å². The molecule has 2 rings (SSSR count). The minimum Gasteiger partial charge on any atom is -0.494 e. The van der Waals surface area contributed by atoms with Crippen LogP contribution in [0.2, 0.25) is 0 Å². The second-order valence-corrected chi connectivity index (χ2v) is 4.67. The van der Waals surface area contributed by atoms with Gasteiger partial charge in [-0.15, -0.1) is 0 Å². The van der Waals surface area contributed by atoms with Gasteiger partial charge in [0.25, 0.3) is 0 Å². The maximum absolute atomic E-state index is 13.6. The SMILES string of the molecule is COc1ccc([C@H](C)NC2CCOCC2)cc1F. The summed E-state index contributed by atoms with van der Waals surface area (Å²) in [4.78, 5) is 0. The molecule has 4 heteroatoms. The van der Waals surface area contributed by atoms with Gasteiger partial charge in [-0.25, -0.2) is 4.39 Å². The summed E-state index contributed by atoms with van der Waals surface area (Å²) in [5.41, 5.74) is 0.944. The fraction of sp³-hybridized carbons (Fsp3) is 0.571. The van der Waals surface area contributed by atoms with Crippen LogP contribution < -0.4 is 10.1 Å². The topological polar surface area (TPSA) is 30.5 Å². The average molecular weight is 253 g/mol. The van der Waals surface area contributed by atoms with E-state index in [1.807, 2.05) is 6.07 Å². The van der Waals surface area contributed by atoms with Gasteiger partial charge in [-0.3, -0.25) is 0 Å². The number of nitrogens with one attached hydrogen (secondary N) is 1. The summed E-state index contributed by atoms with van der Waals surface area (Å²) < 4.78 is 23.9. The Balaban J connectivity index is 1.99. The largest absolute Gasteiger partial charge is 0.494 e. The van der Waals surface area contributed by atoms with Gasteiger partial charge in [0.15, 0.2) is 11.6 Å². The van der Waals surface area contributed by atoms with E-state index in [-0.39, 0.29) is 17.6 Å². The molecule has 1 aliphatic heterocycles. The Morgan fingerprint density at radius 1 is 1.39 bits per heavy atom. The average Bonchev–Trinajstić information content (AvgIpc) is 2.39. The molecule has 1 atom stereocenters. The van der Waals surface area contributed by atoms with Gasteiger partial charge in [-0.2, -0.15) is 0 Å². The molecule has 3 nitrogen and oxygen atoms in total. The summed E-state index contributed by atoms with van der Waals surface area (Å²) in [5, 5.41) is 3.51. The molecule has 0 amide bonds. The van der Waals surface area contributed by atoms with Gasteiger partial charge in [-0.1, -0.05) is 6.07 Å². The molecule has 0 bridgehead atoms. The molecule has 1 aromatic carbocycles. The highest BCUT2D eigenvalue weighted by Gasteiger charge is 2.17. The van der Waals surface area contributed by atoms with E-state index in [1.54, 1.807) is 6.07 Å². The Labute approximate surface area is 107 Å². The highest BCUT2D eigenvalue weighted by Crippen LogP contribution is 2.22. The van der Waals surface area contributed by atoms with Crippen LogP contribution >= 0.6 is 0 Å². The highest BCUT2D eigenvalue weighted by molar-refractivity contribution is 5.30. The Morgan fingerprint density at radius 3 is 2.72 bits per heavy atom. The monoisotopic (exact) mass is 253 g/mol. The van der Waals surface area contributed by atoms with E-state index in [2.05, 4.69) is 12.2 Å². The summed E-state index contributed by atoms with van der Waals surface area (Å²) in [6.45, 7) is 3.67. The van der Waals surface area contributed by atoms with Crippen LogP contribution in [-0.4, -0.2) is 26.4 Å². The molecular formula is C14H20FNO2. The molecule has 1 heterocycles. The van der Waals surface area contributed by atoms with Crippen molar-refractivity contribution in [3.8, 4) is 5.75 Å². The van der Waals surface area contributed by atoms with Crippen molar-refractivity contribution in [1.29, 1.82) is 0 Å². The zero-order chi connectivity index (χ0) is 13.0. The fourth-order valence-corrected chi connectivity index (χ4v) is 2.27. The van der Waals surface area contributed by atoms with Crippen molar-refractivity contribution in [2.75, 3.05) is 20.3 Å². The molecule has 0 aliphatic carbocycles. The molecule has 100 valence electrons. The van der Waals surface area contributed by atoms with Gasteiger partial charge in [0.2, 0.25) is 0 Å². The summed E-state index contributed by atoms with van der Waals surface area (Å²) >= 11 is 0. The van der Waals surface area contributed by atoms with Crippen LogP contribution in [0.3, 0.4) is 0 Å². The smallest absolute Gasteiger partial charge is 0.165 e. The summed E-state index contributed by atoms with van der Waals surface area (Å²) in [5.74, 6) is -0.0207. The lowest BCUT2D eigenvalue weighted by atomic mass is 10.0. The fourth-order valence-electron chi connectivity index (χ4n) is 2.27. The summed E-state index contributed by atoms with van der Waals surface area (Å²) in [6.07, 6.45) is 2.03. The van der Waals surface area contributed by atoms with Crippen LogP contribution in [0.5, 0.6) is 5.75 Å². The predicted molar refractivity (Wildman–Crippen MR) is 68.3 cm³/mol. The Morgan fingerprint density at radius 2 is 2.11 bits per heavy atom. The molecule has 0 spiro atoms. The van der Waals surface area contributed by atoms with Gasteiger partial charge < -0.3 is 14.8 Å². The first-order valence-electron chi connectivity index (χ1n) is 6.38. The minimum atomic E-state index is -0.310. The van der Waals surface area contributed by atoms with E-state index in [1.165, 1.54) is 13.2 Å². The lowest BCUT2D eigenvalue weighted by Gasteiger charge is -2.27. The second kappa shape index (κ2) is 6.16. The van der Waals surface area contributed by atoms with E-state index >= 15 is 0 Å². The molecule has 1 N–H and O–H groups in total. The zero-order valence-corrected chi connectivity index (χ0v) is 10.9. The Kier molecular flexibility index (Phi) is 4.55. The number of ether oxygens (including phenoxy) is 2. The lowest BCUT2D eigenvalue weighted by molar-refractivity contribution is 0.0754. The van der Waals surface area contributed by atoms with E-state index < -0.39 is 0 Å². The van der Waals surface area contributed by atoms with Crippen LogP contribution in [0.4, 0.5) is 4.39 Å². The number of halogens is 1. The first-order chi connectivity index (χ1) is 8.70. The third kappa shape index (κ3) is 3.21. The molecule has 1 fully saturated rings. The molecule has 0 unspecified atom stereocenters. The third-order valence-electron chi connectivity index (χ3n) is 3.38. The molecule has 0 saturated carbocycles. The van der Waals surface area contributed by atoms with Crippen molar-refractivity contribution >= 4 is 0 Å². The van der Waals surface area contributed by atoms with Crippen molar-refractivity contribution in [3.05, 3.63) is 29.6 Å².